The fourth-order valence-corrected chi connectivity index (χ4v) is 3.45. The van der Waals surface area contributed by atoms with Crippen LogP contribution in [0, 0.1) is 5.82 Å². The number of halogens is 1. The standard InChI is InChI=1S/C18H16FN6O6P.K/c1-8(26)10-3-11(13(19)4-14(10)20)16-15-17(30-24-18(15)21)12(6-22-16)9-5-23-25(7-9)31-32(27,28)29-2;/h3-7H,20H2,1-2H3,(H2,21,24)(H,27,28);. The first-order valence-corrected chi connectivity index (χ1v) is 10.4. The molecule has 0 amide bonds. The number of hydrogen-bond acceptors (Lipinski definition) is 10. The normalized spacial score (nSPS) is 12.8. The molecule has 167 valence electrons. The summed E-state index contributed by atoms with van der Waals surface area (Å²) in [6, 6.07) is 2.32. The van der Waals surface area contributed by atoms with Crippen LogP contribution in [0.3, 0.4) is 0 Å². The van der Waals surface area contributed by atoms with Crippen LogP contribution < -0.4 is 16.1 Å². The zero-order chi connectivity index (χ0) is 23.2. The van der Waals surface area contributed by atoms with Crippen molar-refractivity contribution in [2.75, 3.05) is 18.6 Å². The Balaban J connectivity index is 0.00000306. The quantitative estimate of drug-likeness (QED) is 0.152. The Labute approximate surface area is 228 Å². The van der Waals surface area contributed by atoms with Gasteiger partial charge in [-0.1, -0.05) is 10.0 Å². The molecule has 0 bridgehead atoms. The number of benzene rings is 1. The number of anilines is 2. The molecule has 0 saturated carbocycles. The van der Waals surface area contributed by atoms with Gasteiger partial charge < -0.3 is 16.0 Å². The minimum Gasteiger partial charge on any atom is -0.398 e. The predicted molar refractivity (Wildman–Crippen MR) is 116 cm³/mol. The second-order valence-electron chi connectivity index (χ2n) is 6.63. The van der Waals surface area contributed by atoms with Gasteiger partial charge in [0.25, 0.3) is 0 Å². The first-order chi connectivity index (χ1) is 15.1. The fraction of sp³-hybridized carbons (Fsp3) is 0.111. The maximum atomic E-state index is 14.7. The number of fused-ring (bicyclic) bond motifs is 1. The van der Waals surface area contributed by atoms with Gasteiger partial charge in [-0.3, -0.25) is 23.8 Å². The number of Topliss-reactive ketones (excluding diaryl/α,β-unsaturated/α-hetero) is 1. The maximum Gasteiger partial charge on any atom is 0.547 e. The molecule has 0 spiro atoms. The molecule has 1 radical (unpaired) electrons. The van der Waals surface area contributed by atoms with E-state index in [0.29, 0.717) is 11.1 Å². The zero-order valence-electron chi connectivity index (χ0n) is 17.6. The van der Waals surface area contributed by atoms with Gasteiger partial charge in [-0.05, 0) is 19.1 Å². The topological polar surface area (TPSA) is 182 Å². The van der Waals surface area contributed by atoms with Crippen LogP contribution in [-0.4, -0.2) is 89.3 Å². The number of phosphoric ester groups is 1. The molecule has 1 aromatic carbocycles. The van der Waals surface area contributed by atoms with Gasteiger partial charge in [0.15, 0.2) is 17.2 Å². The molecular weight excluding hydrogens is 485 g/mol. The van der Waals surface area contributed by atoms with Crippen LogP contribution >= 0.6 is 7.82 Å². The molecule has 4 aromatic rings. The van der Waals surface area contributed by atoms with Gasteiger partial charge in [0.1, 0.15) is 5.82 Å². The average molecular weight is 501 g/mol. The Morgan fingerprint density at radius 1 is 1.27 bits per heavy atom. The van der Waals surface area contributed by atoms with Crippen molar-refractivity contribution in [3.05, 3.63) is 42.1 Å². The Hall–Kier alpha value is -2.16. The van der Waals surface area contributed by atoms with E-state index < -0.39 is 13.6 Å². The van der Waals surface area contributed by atoms with Gasteiger partial charge in [0, 0.05) is 92.6 Å². The van der Waals surface area contributed by atoms with Crippen molar-refractivity contribution in [1.29, 1.82) is 0 Å². The molecule has 0 aliphatic carbocycles. The summed E-state index contributed by atoms with van der Waals surface area (Å²) in [5.41, 5.74) is 12.7. The molecule has 0 saturated heterocycles. The van der Waals surface area contributed by atoms with Crippen LogP contribution in [-0.2, 0) is 9.09 Å². The summed E-state index contributed by atoms with van der Waals surface area (Å²) in [6.45, 7) is 1.31. The molecule has 1 unspecified atom stereocenters. The first-order valence-electron chi connectivity index (χ1n) is 8.89. The van der Waals surface area contributed by atoms with Crippen LogP contribution in [0.1, 0.15) is 17.3 Å². The number of carbonyl (C=O) groups excluding carboxylic acids is 1. The summed E-state index contributed by atoms with van der Waals surface area (Å²) in [7, 11) is -3.34. The largest absolute Gasteiger partial charge is 0.547 e. The van der Waals surface area contributed by atoms with Crippen molar-refractivity contribution in [2.24, 2.45) is 0 Å². The van der Waals surface area contributed by atoms with E-state index in [0.717, 1.165) is 18.0 Å². The SMILES string of the molecule is COP(=O)(O)On1cc(-c2cnc(-c3cc(C(C)=O)c(N)cc3F)c3c(N)noc23)cn1.[K]. The summed E-state index contributed by atoms with van der Waals surface area (Å²) < 4.78 is 40.7. The number of nitrogens with zero attached hydrogens (tertiary/aromatic N) is 4. The number of ketones is 1. The van der Waals surface area contributed by atoms with Crippen molar-refractivity contribution < 1.29 is 32.3 Å². The van der Waals surface area contributed by atoms with Crippen LogP contribution in [0.15, 0.2) is 35.2 Å². The second-order valence-corrected chi connectivity index (χ2v) is 8.10. The van der Waals surface area contributed by atoms with E-state index in [1.807, 2.05) is 0 Å². The van der Waals surface area contributed by atoms with Crippen LogP contribution in [0.2, 0.25) is 0 Å². The number of nitrogen functional groups attached to an aromatic ring is 2. The third-order valence-corrected chi connectivity index (χ3v) is 5.42. The van der Waals surface area contributed by atoms with Crippen molar-refractivity contribution in [1.82, 2.24) is 20.1 Å². The van der Waals surface area contributed by atoms with E-state index >= 15 is 0 Å². The Bertz CT molecular complexity index is 1420. The number of hydrogen-bond donors (Lipinski definition) is 3. The van der Waals surface area contributed by atoms with E-state index in [2.05, 4.69) is 19.8 Å². The molecule has 3 aromatic heterocycles. The molecule has 0 aliphatic heterocycles. The molecular formula is C18H16FKN6O6P. The molecule has 33 heavy (non-hydrogen) atoms. The van der Waals surface area contributed by atoms with Gasteiger partial charge in [-0.25, -0.2) is 8.96 Å². The molecule has 3 heterocycles. The van der Waals surface area contributed by atoms with E-state index in [-0.39, 0.29) is 96.5 Å². The minimum absolute atomic E-state index is 0. The molecule has 12 nitrogen and oxygen atoms in total. The Morgan fingerprint density at radius 2 is 2.00 bits per heavy atom. The summed E-state index contributed by atoms with van der Waals surface area (Å²) >= 11 is 0. The fourth-order valence-electron chi connectivity index (χ4n) is 3.08. The monoisotopic (exact) mass is 501 g/mol. The molecule has 1 atom stereocenters. The molecule has 0 fully saturated rings. The minimum atomic E-state index is -4.34. The van der Waals surface area contributed by atoms with Crippen molar-refractivity contribution >= 4 is 87.5 Å². The van der Waals surface area contributed by atoms with Crippen molar-refractivity contribution in [3.63, 3.8) is 0 Å². The van der Waals surface area contributed by atoms with Gasteiger partial charge in [-0.2, -0.15) is 0 Å². The van der Waals surface area contributed by atoms with E-state index in [4.69, 9.17) is 20.6 Å². The van der Waals surface area contributed by atoms with Gasteiger partial charge in [-0.15, -0.1) is 5.10 Å². The van der Waals surface area contributed by atoms with Crippen LogP contribution in [0.25, 0.3) is 33.4 Å². The van der Waals surface area contributed by atoms with Gasteiger partial charge in [0.05, 0.1) is 23.5 Å². The summed E-state index contributed by atoms with van der Waals surface area (Å²) in [4.78, 5) is 26.3. The first kappa shape index (κ1) is 25.5. The zero-order valence-corrected chi connectivity index (χ0v) is 21.7. The molecule has 15 heteroatoms. The van der Waals surface area contributed by atoms with Crippen molar-refractivity contribution in [2.45, 2.75) is 6.92 Å². The number of carbonyl (C=O) groups is 1. The number of aromatic nitrogens is 4. The summed E-state index contributed by atoms with van der Waals surface area (Å²) in [5, 5.41) is 7.76. The maximum absolute atomic E-state index is 14.7. The van der Waals surface area contributed by atoms with E-state index in [1.165, 1.54) is 31.6 Å². The Kier molecular flexibility index (Phi) is 7.41. The average Bonchev–Trinajstić information content (AvgIpc) is 3.34. The van der Waals surface area contributed by atoms with Crippen LogP contribution in [0.4, 0.5) is 15.9 Å². The number of phosphoric acid groups is 1. The third-order valence-electron chi connectivity index (χ3n) is 4.58. The van der Waals surface area contributed by atoms with Crippen LogP contribution in [0.5, 0.6) is 0 Å². The number of pyridine rings is 1. The smallest absolute Gasteiger partial charge is 0.398 e. The number of rotatable bonds is 6. The summed E-state index contributed by atoms with van der Waals surface area (Å²) in [6.07, 6.45) is 3.93. The Morgan fingerprint density at radius 3 is 2.67 bits per heavy atom. The molecule has 5 N–H and O–H groups in total. The summed E-state index contributed by atoms with van der Waals surface area (Å²) in [5.74, 6) is -1.12. The predicted octanol–water partition coefficient (Wildman–Crippen LogP) is 2.05. The van der Waals surface area contributed by atoms with E-state index in [1.54, 1.807) is 0 Å². The van der Waals surface area contributed by atoms with Crippen molar-refractivity contribution in [3.8, 4) is 22.4 Å². The third kappa shape index (κ3) is 4.88. The number of nitrogens with two attached hydrogens (primary N) is 2. The van der Waals surface area contributed by atoms with Gasteiger partial charge in [0.2, 0.25) is 0 Å². The second kappa shape index (κ2) is 9.60. The molecule has 4 rings (SSSR count). The van der Waals surface area contributed by atoms with E-state index in [9.17, 15) is 18.6 Å². The molecule has 0 aliphatic rings. The van der Waals surface area contributed by atoms with Gasteiger partial charge >= 0.3 is 7.82 Å².